The molecule has 0 radical (unpaired) electrons. The van der Waals surface area contributed by atoms with E-state index in [4.69, 9.17) is 11.6 Å². The summed E-state index contributed by atoms with van der Waals surface area (Å²) in [6.07, 6.45) is 2.24. The Morgan fingerprint density at radius 2 is 2.05 bits per heavy atom. The van der Waals surface area contributed by atoms with Gasteiger partial charge in [-0.15, -0.1) is 0 Å². The van der Waals surface area contributed by atoms with Crippen molar-refractivity contribution in [3.63, 3.8) is 0 Å². The zero-order chi connectivity index (χ0) is 14.8. The van der Waals surface area contributed by atoms with E-state index in [-0.39, 0.29) is 5.41 Å². The maximum absolute atomic E-state index is 6.18. The molecule has 0 spiro atoms. The van der Waals surface area contributed by atoms with Crippen molar-refractivity contribution in [3.8, 4) is 0 Å². The highest BCUT2D eigenvalue weighted by atomic mass is 35.5. The highest BCUT2D eigenvalue weighted by Crippen LogP contribution is 2.25. The molecule has 7 heteroatoms. The Hall–Kier alpha value is -1.69. The van der Waals surface area contributed by atoms with Crippen molar-refractivity contribution >= 4 is 17.4 Å². The van der Waals surface area contributed by atoms with Crippen molar-refractivity contribution in [3.05, 3.63) is 28.7 Å². The Morgan fingerprint density at radius 3 is 2.65 bits per heavy atom. The number of rotatable bonds is 4. The van der Waals surface area contributed by atoms with Crippen molar-refractivity contribution in [2.24, 2.45) is 0 Å². The molecule has 0 aliphatic rings. The highest BCUT2D eigenvalue weighted by molar-refractivity contribution is 6.30. The second kappa shape index (κ2) is 5.75. The molecular formula is C13H19ClN6. The van der Waals surface area contributed by atoms with Gasteiger partial charge in [0.25, 0.3) is 0 Å². The van der Waals surface area contributed by atoms with Crippen molar-refractivity contribution in [2.75, 3.05) is 11.9 Å². The summed E-state index contributed by atoms with van der Waals surface area (Å²) >= 11 is 6.18. The molecule has 0 saturated carbocycles. The van der Waals surface area contributed by atoms with Gasteiger partial charge >= 0.3 is 0 Å². The lowest BCUT2D eigenvalue weighted by Gasteiger charge is -2.19. The lowest BCUT2D eigenvalue weighted by atomic mass is 9.95. The van der Waals surface area contributed by atoms with Crippen LogP contribution in [0.15, 0.2) is 6.33 Å². The molecular weight excluding hydrogens is 276 g/mol. The van der Waals surface area contributed by atoms with Crippen LogP contribution in [0.4, 0.5) is 5.82 Å². The summed E-state index contributed by atoms with van der Waals surface area (Å²) in [6.45, 7) is 8.80. The van der Waals surface area contributed by atoms with Gasteiger partial charge in [0.15, 0.2) is 0 Å². The van der Waals surface area contributed by atoms with E-state index in [0.29, 0.717) is 11.7 Å². The maximum Gasteiger partial charge on any atom is 0.137 e. The largest absolute Gasteiger partial charge is 0.369 e. The van der Waals surface area contributed by atoms with Gasteiger partial charge in [-0.05, 0) is 6.92 Å². The first-order valence-electron chi connectivity index (χ1n) is 6.50. The highest BCUT2D eigenvalue weighted by Gasteiger charge is 2.20. The lowest BCUT2D eigenvalue weighted by Crippen LogP contribution is -2.19. The molecule has 0 fully saturated rings. The molecule has 0 aliphatic heterocycles. The molecule has 2 rings (SSSR count). The number of halogens is 1. The van der Waals surface area contributed by atoms with Gasteiger partial charge in [0, 0.05) is 23.9 Å². The molecule has 0 aliphatic carbocycles. The number of nitrogens with one attached hydrogen (secondary N) is 2. The monoisotopic (exact) mass is 294 g/mol. The topological polar surface area (TPSA) is 79.4 Å². The molecule has 2 heterocycles. The third-order valence-corrected chi connectivity index (χ3v) is 3.24. The number of nitrogens with zero attached hydrogens (tertiary/aromatic N) is 4. The minimum atomic E-state index is -0.140. The number of aromatic nitrogens is 5. The zero-order valence-electron chi connectivity index (χ0n) is 12.2. The summed E-state index contributed by atoms with van der Waals surface area (Å²) in [7, 11) is 0. The van der Waals surface area contributed by atoms with Crippen molar-refractivity contribution in [1.29, 1.82) is 0 Å². The summed E-state index contributed by atoms with van der Waals surface area (Å²) < 4.78 is 0. The summed E-state index contributed by atoms with van der Waals surface area (Å²) in [5.74, 6) is 2.34. The fourth-order valence-electron chi connectivity index (χ4n) is 1.65. The van der Waals surface area contributed by atoms with E-state index in [1.807, 2.05) is 6.92 Å². The van der Waals surface area contributed by atoms with Gasteiger partial charge in [-0.1, -0.05) is 32.4 Å². The quantitative estimate of drug-likeness (QED) is 0.847. The van der Waals surface area contributed by atoms with E-state index in [2.05, 4.69) is 51.2 Å². The molecule has 0 saturated heterocycles. The van der Waals surface area contributed by atoms with Gasteiger partial charge in [-0.3, -0.25) is 5.10 Å². The van der Waals surface area contributed by atoms with Crippen molar-refractivity contribution < 1.29 is 0 Å². The molecule has 20 heavy (non-hydrogen) atoms. The third kappa shape index (κ3) is 3.45. The second-order valence-corrected chi connectivity index (χ2v) is 6.03. The molecule has 108 valence electrons. The van der Waals surface area contributed by atoms with Crippen LogP contribution in [0.3, 0.4) is 0 Å². The van der Waals surface area contributed by atoms with Crippen LogP contribution in [-0.2, 0) is 11.8 Å². The molecule has 2 aromatic rings. The summed E-state index contributed by atoms with van der Waals surface area (Å²) in [5.41, 5.74) is 0.718. The molecule has 0 bridgehead atoms. The second-order valence-electron chi connectivity index (χ2n) is 5.67. The number of hydrogen-bond acceptors (Lipinski definition) is 5. The van der Waals surface area contributed by atoms with Gasteiger partial charge in [0.1, 0.15) is 28.9 Å². The first kappa shape index (κ1) is 14.7. The Morgan fingerprint density at radius 1 is 1.30 bits per heavy atom. The van der Waals surface area contributed by atoms with E-state index >= 15 is 0 Å². The summed E-state index contributed by atoms with van der Waals surface area (Å²) in [4.78, 5) is 13.0. The normalized spacial score (nSPS) is 11.7. The predicted molar refractivity (Wildman–Crippen MR) is 79.1 cm³/mol. The van der Waals surface area contributed by atoms with Crippen LogP contribution >= 0.6 is 11.6 Å². The number of aromatic amines is 1. The number of anilines is 1. The smallest absolute Gasteiger partial charge is 0.137 e. The zero-order valence-corrected chi connectivity index (χ0v) is 12.9. The standard InChI is InChI=1S/C13H19ClN6/c1-8-10(14)18-12(13(2,3)4)19-11(8)15-6-5-9-16-7-17-20-9/h7H,5-6H2,1-4H3,(H,15,18,19)(H,16,17,20). The fraction of sp³-hybridized carbons (Fsp3) is 0.538. The number of hydrogen-bond donors (Lipinski definition) is 2. The van der Waals surface area contributed by atoms with Gasteiger partial charge in [0.2, 0.25) is 0 Å². The van der Waals surface area contributed by atoms with E-state index in [1.54, 1.807) is 0 Å². The maximum atomic E-state index is 6.18. The minimum Gasteiger partial charge on any atom is -0.369 e. The van der Waals surface area contributed by atoms with Crippen LogP contribution in [0.2, 0.25) is 5.15 Å². The Kier molecular flexibility index (Phi) is 4.23. The average molecular weight is 295 g/mol. The van der Waals surface area contributed by atoms with Crippen LogP contribution in [-0.4, -0.2) is 31.7 Å². The van der Waals surface area contributed by atoms with E-state index in [0.717, 1.165) is 29.5 Å². The summed E-state index contributed by atoms with van der Waals surface area (Å²) in [5, 5.41) is 10.4. The lowest BCUT2D eigenvalue weighted by molar-refractivity contribution is 0.545. The first-order valence-corrected chi connectivity index (χ1v) is 6.88. The molecule has 2 aromatic heterocycles. The molecule has 0 atom stereocenters. The van der Waals surface area contributed by atoms with Crippen molar-refractivity contribution in [1.82, 2.24) is 25.1 Å². The SMILES string of the molecule is Cc1c(Cl)nc(C(C)(C)C)nc1NCCc1ncn[nH]1. The van der Waals surface area contributed by atoms with E-state index in [9.17, 15) is 0 Å². The van der Waals surface area contributed by atoms with Crippen molar-refractivity contribution in [2.45, 2.75) is 39.5 Å². The van der Waals surface area contributed by atoms with Crippen LogP contribution < -0.4 is 5.32 Å². The van der Waals surface area contributed by atoms with Gasteiger partial charge in [-0.25, -0.2) is 15.0 Å². The molecule has 6 nitrogen and oxygen atoms in total. The van der Waals surface area contributed by atoms with Gasteiger partial charge in [0.05, 0.1) is 0 Å². The van der Waals surface area contributed by atoms with Crippen LogP contribution in [0.1, 0.15) is 38.0 Å². The van der Waals surface area contributed by atoms with Crippen LogP contribution in [0.25, 0.3) is 0 Å². The Balaban J connectivity index is 2.12. The van der Waals surface area contributed by atoms with Gasteiger partial charge in [-0.2, -0.15) is 5.10 Å². The molecule has 0 aromatic carbocycles. The first-order chi connectivity index (χ1) is 9.38. The van der Waals surface area contributed by atoms with Crippen LogP contribution in [0.5, 0.6) is 0 Å². The Bertz CT molecular complexity index is 573. The van der Waals surface area contributed by atoms with E-state index in [1.165, 1.54) is 6.33 Å². The third-order valence-electron chi connectivity index (χ3n) is 2.88. The molecule has 0 unspecified atom stereocenters. The minimum absolute atomic E-state index is 0.140. The van der Waals surface area contributed by atoms with Crippen LogP contribution in [0, 0.1) is 6.92 Å². The number of H-pyrrole nitrogens is 1. The molecule has 0 amide bonds. The predicted octanol–water partition coefficient (Wildman–Crippen LogP) is 2.51. The van der Waals surface area contributed by atoms with Gasteiger partial charge < -0.3 is 5.32 Å². The Labute approximate surface area is 123 Å². The average Bonchev–Trinajstić information content (AvgIpc) is 2.86. The molecule has 2 N–H and O–H groups in total. The van der Waals surface area contributed by atoms with E-state index < -0.39 is 0 Å². The fourth-order valence-corrected chi connectivity index (χ4v) is 1.82. The summed E-state index contributed by atoms with van der Waals surface area (Å²) in [6, 6.07) is 0.